The van der Waals surface area contributed by atoms with Crippen LogP contribution in [0.3, 0.4) is 0 Å². The highest BCUT2D eigenvalue weighted by Crippen LogP contribution is 2.39. The Morgan fingerprint density at radius 2 is 2.20 bits per heavy atom. The quantitative estimate of drug-likeness (QED) is 0.844. The van der Waals surface area contributed by atoms with Gasteiger partial charge in [0.25, 0.3) is 0 Å². The fourth-order valence-corrected chi connectivity index (χ4v) is 2.15. The van der Waals surface area contributed by atoms with Gasteiger partial charge in [0.15, 0.2) is 5.82 Å². The van der Waals surface area contributed by atoms with Gasteiger partial charge in [0.05, 0.1) is 0 Å². The minimum absolute atomic E-state index is 0.223. The van der Waals surface area contributed by atoms with E-state index >= 15 is 0 Å². The van der Waals surface area contributed by atoms with E-state index < -0.39 is 0 Å². The van der Waals surface area contributed by atoms with Crippen molar-refractivity contribution < 1.29 is 4.79 Å². The van der Waals surface area contributed by atoms with Gasteiger partial charge in [0.1, 0.15) is 0 Å². The first kappa shape index (κ1) is 12.9. The molecule has 0 aliphatic heterocycles. The topological polar surface area (TPSA) is 57.8 Å². The average molecular weight is 288 g/mol. The highest BCUT2D eigenvalue weighted by Gasteiger charge is 2.25. The number of nitrogens with zero attached hydrogens (tertiary/aromatic N) is 1. The van der Waals surface area contributed by atoms with Crippen molar-refractivity contribution in [3.05, 3.63) is 52.7 Å². The number of rotatable bonds is 4. The van der Waals surface area contributed by atoms with E-state index in [4.69, 9.17) is 11.6 Å². The molecule has 2 aromatic rings. The molecule has 102 valence electrons. The van der Waals surface area contributed by atoms with Crippen LogP contribution < -0.4 is 5.32 Å². The summed E-state index contributed by atoms with van der Waals surface area (Å²) in [5.41, 5.74) is 1.90. The van der Waals surface area contributed by atoms with Crippen LogP contribution in [0.5, 0.6) is 0 Å². The van der Waals surface area contributed by atoms with Crippen LogP contribution >= 0.6 is 11.6 Å². The van der Waals surface area contributed by atoms with Crippen molar-refractivity contribution in [3.63, 3.8) is 0 Å². The highest BCUT2D eigenvalue weighted by atomic mass is 35.5. The molecule has 1 aromatic carbocycles. The summed E-state index contributed by atoms with van der Waals surface area (Å²) < 4.78 is 0. The second kappa shape index (κ2) is 5.51. The highest BCUT2D eigenvalue weighted by molar-refractivity contribution is 6.32. The average Bonchev–Trinajstić information content (AvgIpc) is 3.19. The Hall–Kier alpha value is -2.07. The Kier molecular flexibility index (Phi) is 3.56. The largest absolute Gasteiger partial charge is 0.306 e. The maximum Gasteiger partial charge on any atom is 0.249 e. The number of carbonyl (C=O) groups excluding carboxylic acids is 1. The van der Waals surface area contributed by atoms with Gasteiger partial charge in [-0.2, -0.15) is 5.10 Å². The summed E-state index contributed by atoms with van der Waals surface area (Å²) in [6.45, 7) is 0. The number of carbonyl (C=O) groups is 1. The van der Waals surface area contributed by atoms with Crippen molar-refractivity contribution in [2.45, 2.75) is 18.8 Å². The first-order valence-corrected chi connectivity index (χ1v) is 6.89. The summed E-state index contributed by atoms with van der Waals surface area (Å²) >= 11 is 6.01. The van der Waals surface area contributed by atoms with Crippen LogP contribution in [0.1, 0.15) is 30.0 Å². The Morgan fingerprint density at radius 1 is 1.40 bits per heavy atom. The van der Waals surface area contributed by atoms with Crippen LogP contribution in [0.15, 0.2) is 36.4 Å². The molecule has 0 atom stereocenters. The van der Waals surface area contributed by atoms with E-state index in [0.29, 0.717) is 16.8 Å². The number of benzene rings is 1. The summed E-state index contributed by atoms with van der Waals surface area (Å²) in [5, 5.41) is 10.4. The third-order valence-electron chi connectivity index (χ3n) is 3.19. The fraction of sp³-hybridized carbons (Fsp3) is 0.200. The molecule has 1 amide bonds. The van der Waals surface area contributed by atoms with Crippen LogP contribution in [-0.2, 0) is 4.79 Å². The molecule has 1 aliphatic carbocycles. The molecule has 0 spiro atoms. The summed E-state index contributed by atoms with van der Waals surface area (Å²) in [4.78, 5) is 11.8. The summed E-state index contributed by atoms with van der Waals surface area (Å²) in [7, 11) is 0. The minimum atomic E-state index is -0.223. The number of nitrogens with one attached hydrogen (secondary N) is 2. The Bertz CT molecular complexity index is 659. The SMILES string of the molecule is O=C(C=Cc1ccccc1Cl)Nc1cc(C2CC2)[nH]n1. The lowest BCUT2D eigenvalue weighted by Crippen LogP contribution is -2.07. The first-order valence-electron chi connectivity index (χ1n) is 6.51. The summed E-state index contributed by atoms with van der Waals surface area (Å²) in [6, 6.07) is 9.25. The van der Waals surface area contributed by atoms with E-state index in [1.54, 1.807) is 12.1 Å². The van der Waals surface area contributed by atoms with Gasteiger partial charge in [-0.05, 0) is 30.5 Å². The second-order valence-corrected chi connectivity index (χ2v) is 5.23. The number of aromatic amines is 1. The standard InChI is InChI=1S/C15H14ClN3O/c16-12-4-2-1-3-10(12)7-8-15(20)17-14-9-13(18-19-14)11-5-6-11/h1-4,7-9,11H,5-6H2,(H2,17,18,19,20). The molecule has 0 saturated heterocycles. The molecule has 1 aliphatic rings. The lowest BCUT2D eigenvalue weighted by Gasteiger charge is -1.97. The molecule has 0 radical (unpaired) electrons. The van der Waals surface area contributed by atoms with Crippen LogP contribution in [0.2, 0.25) is 5.02 Å². The maximum absolute atomic E-state index is 11.8. The van der Waals surface area contributed by atoms with Crippen LogP contribution in [0, 0.1) is 0 Å². The van der Waals surface area contributed by atoms with E-state index in [9.17, 15) is 4.79 Å². The van der Waals surface area contributed by atoms with E-state index in [0.717, 1.165) is 11.3 Å². The third kappa shape index (κ3) is 3.08. The monoisotopic (exact) mass is 287 g/mol. The Morgan fingerprint density at radius 3 is 2.95 bits per heavy atom. The zero-order valence-electron chi connectivity index (χ0n) is 10.8. The molecular weight excluding hydrogens is 274 g/mol. The molecule has 1 aromatic heterocycles. The van der Waals surface area contributed by atoms with Crippen molar-refractivity contribution in [3.8, 4) is 0 Å². The molecule has 0 bridgehead atoms. The Labute approximate surface area is 121 Å². The molecule has 1 heterocycles. The molecule has 3 rings (SSSR count). The number of anilines is 1. The normalized spacial score (nSPS) is 14.7. The lowest BCUT2D eigenvalue weighted by molar-refractivity contribution is -0.111. The van der Waals surface area contributed by atoms with Gasteiger partial charge < -0.3 is 5.32 Å². The molecule has 4 nitrogen and oxygen atoms in total. The van der Waals surface area contributed by atoms with Crippen molar-refractivity contribution in [1.82, 2.24) is 10.2 Å². The van der Waals surface area contributed by atoms with Gasteiger partial charge >= 0.3 is 0 Å². The molecule has 2 N–H and O–H groups in total. The lowest BCUT2D eigenvalue weighted by atomic mass is 10.2. The van der Waals surface area contributed by atoms with Crippen LogP contribution in [0.4, 0.5) is 5.82 Å². The number of aromatic nitrogens is 2. The van der Waals surface area contributed by atoms with Gasteiger partial charge in [-0.15, -0.1) is 0 Å². The number of hydrogen-bond donors (Lipinski definition) is 2. The van der Waals surface area contributed by atoms with Crippen molar-refractivity contribution in [2.75, 3.05) is 5.32 Å². The van der Waals surface area contributed by atoms with Gasteiger partial charge in [-0.25, -0.2) is 0 Å². The van der Waals surface area contributed by atoms with Gasteiger partial charge in [-0.1, -0.05) is 29.8 Å². The number of hydrogen-bond acceptors (Lipinski definition) is 2. The molecule has 1 fully saturated rings. The van der Waals surface area contributed by atoms with E-state index in [2.05, 4.69) is 15.5 Å². The zero-order valence-corrected chi connectivity index (χ0v) is 11.5. The van der Waals surface area contributed by atoms with E-state index in [1.807, 2.05) is 24.3 Å². The summed E-state index contributed by atoms with van der Waals surface area (Å²) in [5.74, 6) is 0.922. The van der Waals surface area contributed by atoms with Gasteiger partial charge in [0.2, 0.25) is 5.91 Å². The fourth-order valence-electron chi connectivity index (χ4n) is 1.95. The van der Waals surface area contributed by atoms with E-state index in [1.165, 1.54) is 18.9 Å². The number of halogens is 1. The predicted molar refractivity (Wildman–Crippen MR) is 79.7 cm³/mol. The predicted octanol–water partition coefficient (Wildman–Crippen LogP) is 3.59. The van der Waals surface area contributed by atoms with Crippen molar-refractivity contribution >= 4 is 29.4 Å². The molecule has 0 unspecified atom stereocenters. The zero-order chi connectivity index (χ0) is 13.9. The van der Waals surface area contributed by atoms with E-state index in [-0.39, 0.29) is 5.91 Å². The van der Waals surface area contributed by atoms with Crippen molar-refractivity contribution in [2.24, 2.45) is 0 Å². The van der Waals surface area contributed by atoms with Crippen LogP contribution in [-0.4, -0.2) is 16.1 Å². The third-order valence-corrected chi connectivity index (χ3v) is 3.53. The van der Waals surface area contributed by atoms with Gasteiger partial charge in [0, 0.05) is 28.8 Å². The molecule has 5 heteroatoms. The van der Waals surface area contributed by atoms with Crippen molar-refractivity contribution in [1.29, 1.82) is 0 Å². The molecular formula is C15H14ClN3O. The number of amides is 1. The van der Waals surface area contributed by atoms with Gasteiger partial charge in [-0.3, -0.25) is 9.89 Å². The van der Waals surface area contributed by atoms with Crippen LogP contribution in [0.25, 0.3) is 6.08 Å². The number of H-pyrrole nitrogens is 1. The smallest absolute Gasteiger partial charge is 0.249 e. The summed E-state index contributed by atoms with van der Waals surface area (Å²) in [6.07, 6.45) is 5.53. The first-order chi connectivity index (χ1) is 9.72. The maximum atomic E-state index is 11.8. The Balaban J connectivity index is 1.62. The molecule has 20 heavy (non-hydrogen) atoms. The second-order valence-electron chi connectivity index (χ2n) is 4.83. The molecule has 1 saturated carbocycles. The minimum Gasteiger partial charge on any atom is -0.306 e.